The number of aryl methyl sites for hydroxylation is 1. The van der Waals surface area contributed by atoms with E-state index >= 15 is 0 Å². The highest BCUT2D eigenvalue weighted by atomic mass is 32.2. The van der Waals surface area contributed by atoms with Gasteiger partial charge >= 0.3 is 0 Å². The molecule has 1 aliphatic rings. The summed E-state index contributed by atoms with van der Waals surface area (Å²) in [5.74, 6) is 4.41. The van der Waals surface area contributed by atoms with E-state index in [0.29, 0.717) is 30.9 Å². The molecule has 3 rings (SSSR count). The number of carbonyl (C=O) groups excluding carboxylic acids is 1. The van der Waals surface area contributed by atoms with Gasteiger partial charge in [-0.3, -0.25) is 4.79 Å². The first-order chi connectivity index (χ1) is 12.8. The van der Waals surface area contributed by atoms with Crippen LogP contribution in [0.1, 0.15) is 12.0 Å². The van der Waals surface area contributed by atoms with Gasteiger partial charge in [-0.25, -0.2) is 23.6 Å². The van der Waals surface area contributed by atoms with Gasteiger partial charge in [-0.15, -0.1) is 0 Å². The summed E-state index contributed by atoms with van der Waals surface area (Å²) in [5, 5.41) is 6.58. The summed E-state index contributed by atoms with van der Waals surface area (Å²) in [5.41, 5.74) is 6.72. The summed E-state index contributed by atoms with van der Waals surface area (Å²) in [4.78, 5) is 21.9. The quantitative estimate of drug-likeness (QED) is 0.680. The fourth-order valence-electron chi connectivity index (χ4n) is 3.15. The molecule has 0 spiro atoms. The average Bonchev–Trinajstić information content (AvgIpc) is 2.85. The number of amides is 1. The molecule has 1 aliphatic heterocycles. The molecule has 4 N–H and O–H groups in total. The number of aromatic nitrogens is 2. The fraction of sp³-hybridized carbons (Fsp3) is 0.412. The van der Waals surface area contributed by atoms with Crippen molar-refractivity contribution in [2.45, 2.75) is 13.3 Å². The van der Waals surface area contributed by atoms with Crippen LogP contribution in [0.15, 0.2) is 18.5 Å². The highest BCUT2D eigenvalue weighted by Gasteiger charge is 2.21. The van der Waals surface area contributed by atoms with Gasteiger partial charge in [0.15, 0.2) is 6.61 Å². The maximum Gasteiger partial charge on any atom is 0.255 e. The molecule has 1 amide bonds. The summed E-state index contributed by atoms with van der Waals surface area (Å²) >= 11 is 0. The minimum Gasteiger partial charge on any atom is -0.483 e. The Morgan fingerprint density at radius 2 is 2.07 bits per heavy atom. The number of fused-ring (bicyclic) bond motifs is 1. The van der Waals surface area contributed by atoms with Crippen molar-refractivity contribution in [2.75, 3.05) is 37.7 Å². The predicted molar refractivity (Wildman–Crippen MR) is 107 cm³/mol. The van der Waals surface area contributed by atoms with Crippen molar-refractivity contribution in [2.24, 2.45) is 10.9 Å². The number of carbonyl (C=O) groups is 1. The summed E-state index contributed by atoms with van der Waals surface area (Å²) in [6, 6.07) is 3.72. The second kappa shape index (κ2) is 7.67. The number of hydrogen-bond acceptors (Lipinski definition) is 6. The molecular formula is C17H24N6O3S. The molecule has 0 aliphatic carbocycles. The van der Waals surface area contributed by atoms with Crippen molar-refractivity contribution in [3.63, 3.8) is 0 Å². The Hall–Kier alpha value is -2.43. The van der Waals surface area contributed by atoms with Crippen molar-refractivity contribution >= 4 is 38.4 Å². The number of anilines is 1. The maximum absolute atomic E-state index is 12.0. The van der Waals surface area contributed by atoms with Gasteiger partial charge in [-0.05, 0) is 30.8 Å². The lowest BCUT2D eigenvalue weighted by Crippen LogP contribution is -2.39. The molecule has 1 fully saturated rings. The molecule has 27 heavy (non-hydrogen) atoms. The van der Waals surface area contributed by atoms with E-state index in [4.69, 9.17) is 15.6 Å². The third kappa shape index (κ3) is 4.46. The third-order valence-corrected chi connectivity index (χ3v) is 5.71. The van der Waals surface area contributed by atoms with Crippen LogP contribution in [0.3, 0.4) is 0 Å². The molecule has 146 valence electrons. The normalized spacial score (nSPS) is 18.1. The molecule has 9 nitrogen and oxygen atoms in total. The molecule has 1 unspecified atom stereocenters. The SMILES string of the molecule is C=S(N)(=O)N1CCCN(c2ncnc3cc(OCC(N)=O)c(C)cc23)CC1. The van der Waals surface area contributed by atoms with Gasteiger partial charge in [-0.2, -0.15) is 0 Å². The van der Waals surface area contributed by atoms with Crippen LogP contribution < -0.4 is 20.5 Å². The smallest absolute Gasteiger partial charge is 0.255 e. The van der Waals surface area contributed by atoms with Crippen molar-refractivity contribution in [1.82, 2.24) is 14.3 Å². The molecule has 0 bridgehead atoms. The van der Waals surface area contributed by atoms with E-state index in [2.05, 4.69) is 20.7 Å². The third-order valence-electron chi connectivity index (χ3n) is 4.47. The number of benzene rings is 1. The molecule has 1 saturated heterocycles. The van der Waals surface area contributed by atoms with E-state index in [9.17, 15) is 9.00 Å². The van der Waals surface area contributed by atoms with Crippen LogP contribution in [0.4, 0.5) is 5.82 Å². The van der Waals surface area contributed by atoms with Crippen LogP contribution in [0.5, 0.6) is 5.75 Å². The van der Waals surface area contributed by atoms with Crippen molar-refractivity contribution in [3.8, 4) is 5.75 Å². The maximum atomic E-state index is 12.0. The van der Waals surface area contributed by atoms with Crippen molar-refractivity contribution < 1.29 is 13.7 Å². The Morgan fingerprint density at radius 1 is 1.30 bits per heavy atom. The minimum absolute atomic E-state index is 0.185. The molecule has 1 aromatic heterocycles. The van der Waals surface area contributed by atoms with Crippen molar-refractivity contribution in [1.29, 1.82) is 0 Å². The summed E-state index contributed by atoms with van der Waals surface area (Å²) in [6.07, 6.45) is 2.30. The standard InChI is InChI=1S/C17H24N6O3S/c1-12-8-13-14(9-15(12)26-10-16(18)24)20-11-21-17(13)22-4-3-5-23(7-6-22)27(2,19)25/h8-9,11H,2-7,10H2,1H3,(H2,18,24)(H2,19,25). The predicted octanol–water partition coefficient (Wildman–Crippen LogP) is -0.180. The number of nitrogens with two attached hydrogens (primary N) is 2. The molecule has 0 radical (unpaired) electrons. The summed E-state index contributed by atoms with van der Waals surface area (Å²) in [6.45, 7) is 4.27. The van der Waals surface area contributed by atoms with E-state index < -0.39 is 15.8 Å². The van der Waals surface area contributed by atoms with Crippen LogP contribution in [0, 0.1) is 6.92 Å². The monoisotopic (exact) mass is 392 g/mol. The van der Waals surface area contributed by atoms with Gasteiger partial charge in [0.25, 0.3) is 5.91 Å². The Morgan fingerprint density at radius 3 is 2.78 bits per heavy atom. The Kier molecular flexibility index (Phi) is 5.49. The van der Waals surface area contributed by atoms with E-state index in [-0.39, 0.29) is 6.61 Å². The lowest BCUT2D eigenvalue weighted by Gasteiger charge is -2.24. The highest BCUT2D eigenvalue weighted by Crippen LogP contribution is 2.30. The summed E-state index contributed by atoms with van der Waals surface area (Å²) in [7, 11) is -2.70. The highest BCUT2D eigenvalue weighted by molar-refractivity contribution is 7.96. The number of hydrogen-bond donors (Lipinski definition) is 2. The zero-order chi connectivity index (χ0) is 19.6. The van der Waals surface area contributed by atoms with E-state index in [1.165, 1.54) is 6.33 Å². The first-order valence-electron chi connectivity index (χ1n) is 8.57. The largest absolute Gasteiger partial charge is 0.483 e. The van der Waals surface area contributed by atoms with Gasteiger partial charge in [-0.1, -0.05) is 0 Å². The topological polar surface area (TPSA) is 128 Å². The zero-order valence-electron chi connectivity index (χ0n) is 15.3. The molecule has 10 heteroatoms. The van der Waals surface area contributed by atoms with Crippen LogP contribution in [-0.2, 0) is 14.7 Å². The van der Waals surface area contributed by atoms with E-state index in [0.717, 1.165) is 29.7 Å². The Balaban J connectivity index is 1.91. The lowest BCUT2D eigenvalue weighted by molar-refractivity contribution is -0.119. The molecule has 1 atom stereocenters. The van der Waals surface area contributed by atoms with Gasteiger partial charge in [0, 0.05) is 37.6 Å². The second-order valence-electron chi connectivity index (χ2n) is 6.55. The number of ether oxygens (including phenoxy) is 1. The van der Waals surface area contributed by atoms with Gasteiger partial charge in [0.1, 0.15) is 17.9 Å². The molecule has 2 heterocycles. The van der Waals surface area contributed by atoms with Crippen molar-refractivity contribution in [3.05, 3.63) is 24.0 Å². The lowest BCUT2D eigenvalue weighted by atomic mass is 10.1. The average molecular weight is 392 g/mol. The molecule has 1 aromatic carbocycles. The fourth-order valence-corrected chi connectivity index (χ4v) is 3.98. The van der Waals surface area contributed by atoms with E-state index in [1.807, 2.05) is 13.0 Å². The Bertz CT molecular complexity index is 963. The van der Waals surface area contributed by atoms with Gasteiger partial charge < -0.3 is 15.4 Å². The number of rotatable bonds is 5. The Labute approximate surface area is 158 Å². The van der Waals surface area contributed by atoms with Crippen LogP contribution in [0.25, 0.3) is 10.9 Å². The zero-order valence-corrected chi connectivity index (χ0v) is 16.1. The minimum atomic E-state index is -2.70. The number of nitrogens with zero attached hydrogens (tertiary/aromatic N) is 4. The van der Waals surface area contributed by atoms with Gasteiger partial charge in [0.05, 0.1) is 15.4 Å². The van der Waals surface area contributed by atoms with Gasteiger partial charge in [0.2, 0.25) is 0 Å². The first-order valence-corrected chi connectivity index (χ1v) is 10.3. The molecular weight excluding hydrogens is 368 g/mol. The molecule has 2 aromatic rings. The second-order valence-corrected chi connectivity index (χ2v) is 8.44. The number of primary amides is 1. The van der Waals surface area contributed by atoms with Crippen LogP contribution in [-0.4, -0.2) is 63.0 Å². The molecule has 0 saturated carbocycles. The summed E-state index contributed by atoms with van der Waals surface area (Å²) < 4.78 is 19.2. The van der Waals surface area contributed by atoms with Crippen LogP contribution in [0.2, 0.25) is 0 Å². The first kappa shape index (κ1) is 19.3. The van der Waals surface area contributed by atoms with Crippen LogP contribution >= 0.6 is 0 Å². The van der Waals surface area contributed by atoms with E-state index in [1.54, 1.807) is 10.4 Å².